The number of aromatic nitrogens is 2. The summed E-state index contributed by atoms with van der Waals surface area (Å²) in [6, 6.07) is 2.35. The van der Waals surface area contributed by atoms with Crippen LogP contribution in [0.5, 0.6) is 5.75 Å². The van der Waals surface area contributed by atoms with E-state index >= 15 is 0 Å². The van der Waals surface area contributed by atoms with Crippen LogP contribution in [0, 0.1) is 11.6 Å². The van der Waals surface area contributed by atoms with E-state index in [2.05, 4.69) is 26.1 Å². The SMILES string of the molecule is CCc1nc(COc2cc(Br)cc(F)c2F)no1. The molecular formula is C11H9BrF2N2O2. The first-order valence-corrected chi connectivity index (χ1v) is 5.98. The van der Waals surface area contributed by atoms with Gasteiger partial charge in [0, 0.05) is 10.9 Å². The number of nitrogens with zero attached hydrogens (tertiary/aromatic N) is 2. The van der Waals surface area contributed by atoms with Crippen LogP contribution in [-0.2, 0) is 13.0 Å². The molecule has 0 amide bonds. The molecule has 0 aliphatic heterocycles. The average Bonchev–Trinajstić information content (AvgIpc) is 2.80. The lowest BCUT2D eigenvalue weighted by atomic mass is 10.3. The van der Waals surface area contributed by atoms with Gasteiger partial charge < -0.3 is 9.26 Å². The number of hydrogen-bond acceptors (Lipinski definition) is 4. The summed E-state index contributed by atoms with van der Waals surface area (Å²) in [5.41, 5.74) is 0. The molecule has 4 nitrogen and oxygen atoms in total. The van der Waals surface area contributed by atoms with Crippen molar-refractivity contribution in [2.24, 2.45) is 0 Å². The van der Waals surface area contributed by atoms with Crippen LogP contribution in [-0.4, -0.2) is 10.1 Å². The summed E-state index contributed by atoms with van der Waals surface area (Å²) in [6.45, 7) is 1.78. The van der Waals surface area contributed by atoms with Crippen LogP contribution in [0.1, 0.15) is 18.6 Å². The maximum absolute atomic E-state index is 13.4. The molecule has 0 aliphatic carbocycles. The van der Waals surface area contributed by atoms with Crippen molar-refractivity contribution in [2.75, 3.05) is 0 Å². The highest BCUT2D eigenvalue weighted by Gasteiger charge is 2.13. The number of rotatable bonds is 4. The molecule has 1 aromatic carbocycles. The normalized spacial score (nSPS) is 10.7. The highest BCUT2D eigenvalue weighted by molar-refractivity contribution is 9.10. The first kappa shape index (κ1) is 12.9. The third kappa shape index (κ3) is 2.84. The monoisotopic (exact) mass is 318 g/mol. The van der Waals surface area contributed by atoms with E-state index in [-0.39, 0.29) is 18.2 Å². The molecule has 0 radical (unpaired) electrons. The molecule has 1 aromatic heterocycles. The highest BCUT2D eigenvalue weighted by atomic mass is 79.9. The predicted octanol–water partition coefficient (Wildman–Crippen LogP) is 3.25. The third-order valence-electron chi connectivity index (χ3n) is 2.13. The van der Waals surface area contributed by atoms with E-state index < -0.39 is 11.6 Å². The van der Waals surface area contributed by atoms with Gasteiger partial charge in [-0.25, -0.2) is 4.39 Å². The summed E-state index contributed by atoms with van der Waals surface area (Å²) in [6.07, 6.45) is 0.604. The van der Waals surface area contributed by atoms with E-state index in [4.69, 9.17) is 9.26 Å². The minimum Gasteiger partial charge on any atom is -0.482 e. The fourth-order valence-electron chi connectivity index (χ4n) is 1.27. The zero-order valence-corrected chi connectivity index (χ0v) is 11.0. The van der Waals surface area contributed by atoms with E-state index in [0.29, 0.717) is 16.8 Å². The van der Waals surface area contributed by atoms with Crippen LogP contribution in [0.2, 0.25) is 0 Å². The minimum atomic E-state index is -1.04. The first-order chi connectivity index (χ1) is 8.60. The molecule has 2 rings (SSSR count). The molecule has 0 atom stereocenters. The van der Waals surface area contributed by atoms with Crippen molar-refractivity contribution in [1.82, 2.24) is 10.1 Å². The van der Waals surface area contributed by atoms with Crippen molar-refractivity contribution in [3.63, 3.8) is 0 Å². The molecule has 0 saturated heterocycles. The summed E-state index contributed by atoms with van der Waals surface area (Å²) >= 11 is 3.05. The number of aryl methyl sites for hydroxylation is 1. The van der Waals surface area contributed by atoms with Gasteiger partial charge in [0.15, 0.2) is 18.2 Å². The average molecular weight is 319 g/mol. The van der Waals surface area contributed by atoms with Crippen molar-refractivity contribution in [3.8, 4) is 5.75 Å². The zero-order chi connectivity index (χ0) is 13.1. The first-order valence-electron chi connectivity index (χ1n) is 5.19. The lowest BCUT2D eigenvalue weighted by molar-refractivity contribution is 0.268. The van der Waals surface area contributed by atoms with Crippen molar-refractivity contribution in [1.29, 1.82) is 0 Å². The van der Waals surface area contributed by atoms with Crippen molar-refractivity contribution in [2.45, 2.75) is 20.0 Å². The number of ether oxygens (including phenoxy) is 1. The van der Waals surface area contributed by atoms with E-state index in [0.717, 1.165) is 6.07 Å². The lowest BCUT2D eigenvalue weighted by Crippen LogP contribution is -2.01. The van der Waals surface area contributed by atoms with Gasteiger partial charge >= 0.3 is 0 Å². The fourth-order valence-corrected chi connectivity index (χ4v) is 1.68. The Morgan fingerprint density at radius 2 is 2.17 bits per heavy atom. The molecule has 0 aliphatic rings. The Morgan fingerprint density at radius 3 is 2.83 bits per heavy atom. The number of halogens is 3. The van der Waals surface area contributed by atoms with Gasteiger partial charge in [0.2, 0.25) is 17.5 Å². The smallest absolute Gasteiger partial charge is 0.226 e. The Balaban J connectivity index is 2.10. The molecule has 0 fully saturated rings. The van der Waals surface area contributed by atoms with Gasteiger partial charge in [-0.15, -0.1) is 0 Å². The molecule has 96 valence electrons. The Morgan fingerprint density at radius 1 is 1.39 bits per heavy atom. The molecule has 18 heavy (non-hydrogen) atoms. The summed E-state index contributed by atoms with van der Waals surface area (Å²) in [5, 5.41) is 3.64. The Hall–Kier alpha value is -1.50. The molecule has 7 heteroatoms. The maximum Gasteiger partial charge on any atom is 0.226 e. The van der Waals surface area contributed by atoms with Crippen LogP contribution < -0.4 is 4.74 Å². The summed E-state index contributed by atoms with van der Waals surface area (Å²) < 4.78 is 36.8. The second-order valence-corrected chi connectivity index (χ2v) is 4.36. The van der Waals surface area contributed by atoms with Gasteiger partial charge in [-0.1, -0.05) is 28.0 Å². The van der Waals surface area contributed by atoms with Crippen LogP contribution in [0.25, 0.3) is 0 Å². The second kappa shape index (κ2) is 5.43. The lowest BCUT2D eigenvalue weighted by Gasteiger charge is -2.05. The molecule has 0 bridgehead atoms. The quantitative estimate of drug-likeness (QED) is 0.812. The zero-order valence-electron chi connectivity index (χ0n) is 9.41. The molecule has 0 saturated carbocycles. The molecule has 2 aromatic rings. The van der Waals surface area contributed by atoms with Gasteiger partial charge in [0.25, 0.3) is 0 Å². The molecule has 0 spiro atoms. The van der Waals surface area contributed by atoms with Crippen LogP contribution in [0.4, 0.5) is 8.78 Å². The Kier molecular flexibility index (Phi) is 3.90. The number of hydrogen-bond donors (Lipinski definition) is 0. The maximum atomic E-state index is 13.4. The van der Waals surface area contributed by atoms with Crippen LogP contribution in [0.15, 0.2) is 21.1 Å². The summed E-state index contributed by atoms with van der Waals surface area (Å²) in [4.78, 5) is 3.99. The molecule has 0 N–H and O–H groups in total. The summed E-state index contributed by atoms with van der Waals surface area (Å²) in [7, 11) is 0. The van der Waals surface area contributed by atoms with Crippen LogP contribution >= 0.6 is 15.9 Å². The van der Waals surface area contributed by atoms with Gasteiger partial charge in [-0.05, 0) is 12.1 Å². The fraction of sp³-hybridized carbons (Fsp3) is 0.273. The van der Waals surface area contributed by atoms with Gasteiger partial charge in [-0.2, -0.15) is 9.37 Å². The van der Waals surface area contributed by atoms with E-state index in [1.54, 1.807) is 0 Å². The molecule has 0 unspecified atom stereocenters. The minimum absolute atomic E-state index is 0.0870. The Bertz CT molecular complexity index is 560. The summed E-state index contributed by atoms with van der Waals surface area (Å²) in [5.74, 6) is -1.48. The standard InChI is InChI=1S/C11H9BrF2N2O2/c1-2-10-15-9(16-18-10)5-17-8-4-6(12)3-7(13)11(8)14/h3-4H,2,5H2,1H3. The van der Waals surface area contributed by atoms with Crippen molar-refractivity contribution >= 4 is 15.9 Å². The number of benzene rings is 1. The van der Waals surface area contributed by atoms with E-state index in [1.165, 1.54) is 6.07 Å². The third-order valence-corrected chi connectivity index (χ3v) is 2.59. The molecule has 1 heterocycles. The Labute approximate surface area is 110 Å². The van der Waals surface area contributed by atoms with Gasteiger partial charge in [-0.3, -0.25) is 0 Å². The van der Waals surface area contributed by atoms with Crippen molar-refractivity contribution in [3.05, 3.63) is 40.0 Å². The van der Waals surface area contributed by atoms with Gasteiger partial charge in [0.05, 0.1) is 0 Å². The van der Waals surface area contributed by atoms with Crippen LogP contribution in [0.3, 0.4) is 0 Å². The van der Waals surface area contributed by atoms with E-state index in [1.807, 2.05) is 6.92 Å². The molecular weight excluding hydrogens is 310 g/mol. The highest BCUT2D eigenvalue weighted by Crippen LogP contribution is 2.25. The predicted molar refractivity (Wildman–Crippen MR) is 62.1 cm³/mol. The van der Waals surface area contributed by atoms with Gasteiger partial charge in [0.1, 0.15) is 0 Å². The topological polar surface area (TPSA) is 48.2 Å². The van der Waals surface area contributed by atoms with E-state index in [9.17, 15) is 8.78 Å². The van der Waals surface area contributed by atoms with Crippen molar-refractivity contribution < 1.29 is 18.0 Å². The largest absolute Gasteiger partial charge is 0.482 e. The second-order valence-electron chi connectivity index (χ2n) is 3.45.